The number of aromatic nitrogens is 3. The second kappa shape index (κ2) is 5.37. The Bertz CT molecular complexity index is 540. The summed E-state index contributed by atoms with van der Waals surface area (Å²) in [4.78, 5) is 4.05. The van der Waals surface area contributed by atoms with Crippen molar-refractivity contribution in [2.75, 3.05) is 0 Å². The highest BCUT2D eigenvalue weighted by atomic mass is 35.5. The normalized spacial score (nSPS) is 12.4. The third-order valence-corrected chi connectivity index (χ3v) is 2.90. The molecule has 18 heavy (non-hydrogen) atoms. The van der Waals surface area contributed by atoms with Gasteiger partial charge in [-0.25, -0.2) is 4.98 Å². The van der Waals surface area contributed by atoms with Gasteiger partial charge in [-0.1, -0.05) is 17.7 Å². The average molecular weight is 268 g/mol. The molecule has 0 unspecified atom stereocenters. The zero-order valence-corrected chi connectivity index (χ0v) is 10.9. The maximum absolute atomic E-state index is 9.43. The van der Waals surface area contributed by atoms with Crippen LogP contribution < -0.4 is 4.74 Å². The SMILES string of the molecule is C[C@@H](O)c1ccc(OCc2ncnn2C)c(Cl)c1. The number of ether oxygens (including phenoxy) is 1. The van der Waals surface area contributed by atoms with Crippen LogP contribution >= 0.6 is 11.6 Å². The van der Waals surface area contributed by atoms with Crippen LogP contribution in [0.5, 0.6) is 5.75 Å². The Morgan fingerprint density at radius 1 is 1.50 bits per heavy atom. The molecular formula is C12H14ClN3O2. The summed E-state index contributed by atoms with van der Waals surface area (Å²) in [7, 11) is 1.80. The molecule has 1 heterocycles. The van der Waals surface area contributed by atoms with Gasteiger partial charge in [-0.2, -0.15) is 5.10 Å². The Morgan fingerprint density at radius 3 is 2.83 bits per heavy atom. The summed E-state index contributed by atoms with van der Waals surface area (Å²) in [6, 6.07) is 5.21. The molecular weight excluding hydrogens is 254 g/mol. The summed E-state index contributed by atoms with van der Waals surface area (Å²) >= 11 is 6.07. The highest BCUT2D eigenvalue weighted by Crippen LogP contribution is 2.28. The molecule has 0 saturated heterocycles. The van der Waals surface area contributed by atoms with Crippen molar-refractivity contribution in [3.63, 3.8) is 0 Å². The first-order chi connectivity index (χ1) is 8.58. The molecule has 0 aliphatic heterocycles. The van der Waals surface area contributed by atoms with Gasteiger partial charge in [-0.15, -0.1) is 0 Å². The number of nitrogens with zero attached hydrogens (tertiary/aromatic N) is 3. The van der Waals surface area contributed by atoms with Gasteiger partial charge in [0.15, 0.2) is 5.82 Å². The fourth-order valence-corrected chi connectivity index (χ4v) is 1.73. The first kappa shape index (κ1) is 12.9. The van der Waals surface area contributed by atoms with E-state index in [-0.39, 0.29) is 0 Å². The minimum absolute atomic E-state index is 0.296. The maximum atomic E-state index is 9.43. The highest BCUT2D eigenvalue weighted by Gasteiger charge is 2.08. The molecule has 0 spiro atoms. The number of halogens is 1. The lowest BCUT2D eigenvalue weighted by atomic mass is 10.1. The van der Waals surface area contributed by atoms with Crippen molar-refractivity contribution in [1.82, 2.24) is 14.8 Å². The summed E-state index contributed by atoms with van der Waals surface area (Å²) in [5.41, 5.74) is 0.756. The van der Waals surface area contributed by atoms with Crippen molar-refractivity contribution in [1.29, 1.82) is 0 Å². The molecule has 1 atom stereocenters. The molecule has 0 amide bonds. The van der Waals surface area contributed by atoms with Crippen LogP contribution in [0, 0.1) is 0 Å². The second-order valence-electron chi connectivity index (χ2n) is 3.95. The first-order valence-corrected chi connectivity index (χ1v) is 5.89. The van der Waals surface area contributed by atoms with E-state index in [2.05, 4.69) is 10.1 Å². The summed E-state index contributed by atoms with van der Waals surface area (Å²) in [5.74, 6) is 1.27. The largest absolute Gasteiger partial charge is 0.484 e. The topological polar surface area (TPSA) is 60.2 Å². The van der Waals surface area contributed by atoms with Gasteiger partial charge in [0.25, 0.3) is 0 Å². The molecule has 0 aliphatic carbocycles. The van der Waals surface area contributed by atoms with Crippen molar-refractivity contribution >= 4 is 11.6 Å². The Kier molecular flexibility index (Phi) is 3.84. The van der Waals surface area contributed by atoms with Crippen molar-refractivity contribution < 1.29 is 9.84 Å². The van der Waals surface area contributed by atoms with E-state index in [1.54, 1.807) is 36.9 Å². The van der Waals surface area contributed by atoms with Crippen molar-refractivity contribution in [2.24, 2.45) is 7.05 Å². The average Bonchev–Trinajstić information content (AvgIpc) is 2.73. The fraction of sp³-hybridized carbons (Fsp3) is 0.333. The summed E-state index contributed by atoms with van der Waals surface area (Å²) in [6.07, 6.45) is 0.923. The van der Waals surface area contributed by atoms with E-state index < -0.39 is 6.10 Å². The monoisotopic (exact) mass is 267 g/mol. The van der Waals surface area contributed by atoms with Gasteiger partial charge in [0, 0.05) is 7.05 Å². The molecule has 0 bridgehead atoms. The van der Waals surface area contributed by atoms with E-state index in [0.29, 0.717) is 23.2 Å². The molecule has 0 fully saturated rings. The smallest absolute Gasteiger partial charge is 0.164 e. The zero-order valence-electron chi connectivity index (χ0n) is 10.2. The van der Waals surface area contributed by atoms with Gasteiger partial charge in [0.2, 0.25) is 0 Å². The van der Waals surface area contributed by atoms with Crippen LogP contribution in [0.25, 0.3) is 0 Å². The van der Waals surface area contributed by atoms with Crippen LogP contribution in [0.15, 0.2) is 24.5 Å². The number of aryl methyl sites for hydroxylation is 1. The molecule has 0 radical (unpaired) electrons. The number of aliphatic hydroxyl groups excluding tert-OH is 1. The molecule has 1 aromatic carbocycles. The summed E-state index contributed by atoms with van der Waals surface area (Å²) in [5, 5.41) is 13.9. The van der Waals surface area contributed by atoms with Gasteiger partial charge in [0.1, 0.15) is 18.7 Å². The standard InChI is InChI=1S/C12H14ClN3O2/c1-8(17)9-3-4-11(10(13)5-9)18-6-12-14-7-15-16(12)2/h3-5,7-8,17H,6H2,1-2H3/t8-/m1/s1. The summed E-state index contributed by atoms with van der Waals surface area (Å²) in [6.45, 7) is 1.98. The van der Waals surface area contributed by atoms with E-state index in [4.69, 9.17) is 16.3 Å². The number of benzene rings is 1. The molecule has 1 aromatic heterocycles. The van der Waals surface area contributed by atoms with E-state index in [9.17, 15) is 5.11 Å². The Hall–Kier alpha value is -1.59. The molecule has 1 N–H and O–H groups in total. The highest BCUT2D eigenvalue weighted by molar-refractivity contribution is 6.32. The Balaban J connectivity index is 2.08. The number of rotatable bonds is 4. The van der Waals surface area contributed by atoms with E-state index in [1.807, 2.05) is 0 Å². The quantitative estimate of drug-likeness (QED) is 0.922. The predicted octanol–water partition coefficient (Wildman–Crippen LogP) is 2.10. The van der Waals surface area contributed by atoms with Gasteiger partial charge < -0.3 is 9.84 Å². The third kappa shape index (κ3) is 2.80. The Morgan fingerprint density at radius 2 is 2.28 bits per heavy atom. The lowest BCUT2D eigenvalue weighted by Crippen LogP contribution is -2.04. The Labute approximate surface area is 110 Å². The lowest BCUT2D eigenvalue weighted by Gasteiger charge is -2.10. The van der Waals surface area contributed by atoms with Gasteiger partial charge in [-0.05, 0) is 24.6 Å². The van der Waals surface area contributed by atoms with Crippen molar-refractivity contribution in [3.05, 3.63) is 40.9 Å². The van der Waals surface area contributed by atoms with E-state index in [0.717, 1.165) is 5.56 Å². The van der Waals surface area contributed by atoms with E-state index >= 15 is 0 Å². The minimum Gasteiger partial charge on any atom is -0.484 e. The minimum atomic E-state index is -0.546. The third-order valence-electron chi connectivity index (χ3n) is 2.60. The second-order valence-corrected chi connectivity index (χ2v) is 4.36. The zero-order chi connectivity index (χ0) is 13.1. The molecule has 5 nitrogen and oxygen atoms in total. The van der Waals surface area contributed by atoms with Crippen molar-refractivity contribution in [3.8, 4) is 5.75 Å². The van der Waals surface area contributed by atoms with Gasteiger partial charge in [-0.3, -0.25) is 4.68 Å². The molecule has 96 valence electrons. The first-order valence-electron chi connectivity index (χ1n) is 5.51. The molecule has 0 aliphatic rings. The molecule has 0 saturated carbocycles. The maximum Gasteiger partial charge on any atom is 0.164 e. The van der Waals surface area contributed by atoms with Crippen LogP contribution in [-0.2, 0) is 13.7 Å². The summed E-state index contributed by atoms with van der Waals surface area (Å²) < 4.78 is 7.20. The molecule has 2 aromatic rings. The van der Waals surface area contributed by atoms with Gasteiger partial charge in [0.05, 0.1) is 11.1 Å². The number of aliphatic hydroxyl groups is 1. The predicted molar refractivity (Wildman–Crippen MR) is 67.4 cm³/mol. The van der Waals surface area contributed by atoms with Crippen LogP contribution in [-0.4, -0.2) is 19.9 Å². The molecule has 6 heteroatoms. The van der Waals surface area contributed by atoms with Crippen LogP contribution in [0.4, 0.5) is 0 Å². The number of hydrogen-bond acceptors (Lipinski definition) is 4. The van der Waals surface area contributed by atoms with Crippen LogP contribution in [0.1, 0.15) is 24.4 Å². The lowest BCUT2D eigenvalue weighted by molar-refractivity contribution is 0.199. The fourth-order valence-electron chi connectivity index (χ4n) is 1.49. The molecule has 2 rings (SSSR count). The van der Waals surface area contributed by atoms with Crippen molar-refractivity contribution in [2.45, 2.75) is 19.6 Å². The van der Waals surface area contributed by atoms with Gasteiger partial charge >= 0.3 is 0 Å². The van der Waals surface area contributed by atoms with Crippen LogP contribution in [0.3, 0.4) is 0 Å². The van der Waals surface area contributed by atoms with E-state index in [1.165, 1.54) is 6.33 Å². The van der Waals surface area contributed by atoms with Crippen LogP contribution in [0.2, 0.25) is 5.02 Å². The number of hydrogen-bond donors (Lipinski definition) is 1.